The van der Waals surface area contributed by atoms with E-state index in [0.717, 1.165) is 43.7 Å². The molecule has 2 saturated carbocycles. The Hall–Kier alpha value is -0.120. The van der Waals surface area contributed by atoms with Gasteiger partial charge in [-0.3, -0.25) is 0 Å². The lowest BCUT2D eigenvalue weighted by Crippen LogP contribution is -2.48. The molecule has 2 aliphatic carbocycles. The van der Waals surface area contributed by atoms with Gasteiger partial charge in [-0.25, -0.2) is 0 Å². The summed E-state index contributed by atoms with van der Waals surface area (Å²) in [6.45, 7) is 10.1. The Morgan fingerprint density at radius 3 is 2.40 bits per heavy atom. The molecular formula is C22H40N2O. The van der Waals surface area contributed by atoms with E-state index in [1.54, 1.807) is 0 Å². The second-order valence-electron chi connectivity index (χ2n) is 10.3. The lowest BCUT2D eigenvalue weighted by atomic mass is 9.59. The summed E-state index contributed by atoms with van der Waals surface area (Å²) in [6.07, 6.45) is 13.8. The Balaban J connectivity index is 1.23. The molecular weight excluding hydrogens is 308 g/mol. The van der Waals surface area contributed by atoms with Gasteiger partial charge in [0.05, 0.1) is 6.10 Å². The van der Waals surface area contributed by atoms with Crippen molar-refractivity contribution in [2.24, 2.45) is 23.2 Å². The van der Waals surface area contributed by atoms with Crippen LogP contribution in [0.5, 0.6) is 0 Å². The summed E-state index contributed by atoms with van der Waals surface area (Å²) in [5, 5.41) is 9.68. The molecule has 0 aromatic heterocycles. The SMILES string of the molecule is C[C@H]1C[C@H]2CCC[C@@](CN3CCC(CN4CCC(O)CC4)CC3)(C1)C2. The zero-order chi connectivity index (χ0) is 17.3. The molecule has 0 unspecified atom stereocenters. The molecule has 0 radical (unpaired) electrons. The molecule has 3 heteroatoms. The van der Waals surface area contributed by atoms with E-state index in [1.165, 1.54) is 77.5 Å². The fourth-order valence-electron chi connectivity index (χ4n) is 6.84. The van der Waals surface area contributed by atoms with Crippen LogP contribution in [-0.2, 0) is 0 Å². The molecule has 2 heterocycles. The smallest absolute Gasteiger partial charge is 0.0564 e. The van der Waals surface area contributed by atoms with Crippen molar-refractivity contribution in [3.8, 4) is 0 Å². The first kappa shape index (κ1) is 18.3. The zero-order valence-electron chi connectivity index (χ0n) is 16.5. The van der Waals surface area contributed by atoms with Crippen molar-refractivity contribution >= 4 is 0 Å². The van der Waals surface area contributed by atoms with Crippen molar-refractivity contribution in [3.05, 3.63) is 0 Å². The summed E-state index contributed by atoms with van der Waals surface area (Å²) in [6, 6.07) is 0. The number of hydrogen-bond acceptors (Lipinski definition) is 3. The van der Waals surface area contributed by atoms with Crippen LogP contribution in [0.2, 0.25) is 0 Å². The zero-order valence-corrected chi connectivity index (χ0v) is 16.5. The van der Waals surface area contributed by atoms with Gasteiger partial charge in [0.25, 0.3) is 0 Å². The van der Waals surface area contributed by atoms with Crippen molar-refractivity contribution in [1.82, 2.24) is 9.80 Å². The quantitative estimate of drug-likeness (QED) is 0.838. The Kier molecular flexibility index (Phi) is 5.74. The van der Waals surface area contributed by atoms with Crippen LogP contribution in [0.1, 0.15) is 71.1 Å². The van der Waals surface area contributed by atoms with Crippen molar-refractivity contribution in [2.75, 3.05) is 39.3 Å². The summed E-state index contributed by atoms with van der Waals surface area (Å²) in [4.78, 5) is 5.44. The number of aliphatic hydroxyl groups excluding tert-OH is 1. The molecule has 2 aliphatic heterocycles. The molecule has 4 aliphatic rings. The standard InChI is InChI=1S/C22H40N2O/c1-18-13-20-3-2-8-22(14-18,15-20)17-24-9-4-19(5-10-24)16-23-11-6-21(25)7-12-23/h18-21,25H,2-17H2,1H3/t18-,20+,22+/m0/s1. The molecule has 2 saturated heterocycles. The lowest BCUT2D eigenvalue weighted by molar-refractivity contribution is 0.000325. The molecule has 0 spiro atoms. The van der Waals surface area contributed by atoms with Crippen LogP contribution in [-0.4, -0.2) is 60.3 Å². The number of aliphatic hydroxyl groups is 1. The summed E-state index contributed by atoms with van der Waals surface area (Å²) < 4.78 is 0. The average molecular weight is 349 g/mol. The van der Waals surface area contributed by atoms with Gasteiger partial charge in [0, 0.05) is 26.2 Å². The third-order valence-corrected chi connectivity index (χ3v) is 7.90. The Bertz CT molecular complexity index is 422. The number of piperidine rings is 2. The fourth-order valence-corrected chi connectivity index (χ4v) is 6.84. The Labute approximate surface area is 155 Å². The molecule has 3 nitrogen and oxygen atoms in total. The Morgan fingerprint density at radius 1 is 0.920 bits per heavy atom. The van der Waals surface area contributed by atoms with Gasteiger partial charge in [0.2, 0.25) is 0 Å². The molecule has 4 rings (SSSR count). The number of fused-ring (bicyclic) bond motifs is 2. The van der Waals surface area contributed by atoms with Gasteiger partial charge >= 0.3 is 0 Å². The number of likely N-dealkylation sites (tertiary alicyclic amines) is 2. The van der Waals surface area contributed by atoms with Crippen LogP contribution in [0.4, 0.5) is 0 Å². The van der Waals surface area contributed by atoms with Crippen LogP contribution >= 0.6 is 0 Å². The van der Waals surface area contributed by atoms with E-state index >= 15 is 0 Å². The molecule has 1 N–H and O–H groups in total. The Morgan fingerprint density at radius 2 is 1.64 bits per heavy atom. The predicted octanol–water partition coefficient (Wildman–Crippen LogP) is 3.76. The van der Waals surface area contributed by atoms with Gasteiger partial charge in [0.1, 0.15) is 0 Å². The highest BCUT2D eigenvalue weighted by molar-refractivity contribution is 4.95. The van der Waals surface area contributed by atoms with Gasteiger partial charge in [-0.05, 0) is 87.6 Å². The first-order chi connectivity index (χ1) is 12.1. The monoisotopic (exact) mass is 348 g/mol. The second-order valence-corrected chi connectivity index (χ2v) is 10.3. The van der Waals surface area contributed by atoms with E-state index < -0.39 is 0 Å². The van der Waals surface area contributed by atoms with Gasteiger partial charge in [-0.15, -0.1) is 0 Å². The summed E-state index contributed by atoms with van der Waals surface area (Å²) in [5.41, 5.74) is 0.677. The topological polar surface area (TPSA) is 26.7 Å². The molecule has 0 amide bonds. The molecule has 0 aromatic rings. The second kappa shape index (κ2) is 7.86. The first-order valence-corrected chi connectivity index (χ1v) is 11.2. The van der Waals surface area contributed by atoms with E-state index in [4.69, 9.17) is 0 Å². The summed E-state index contributed by atoms with van der Waals surface area (Å²) in [5.74, 6) is 2.91. The maximum atomic E-state index is 9.68. The van der Waals surface area contributed by atoms with Crippen LogP contribution < -0.4 is 0 Å². The highest BCUT2D eigenvalue weighted by Gasteiger charge is 2.43. The molecule has 144 valence electrons. The van der Waals surface area contributed by atoms with Gasteiger partial charge in [-0.1, -0.05) is 19.8 Å². The van der Waals surface area contributed by atoms with Crippen molar-refractivity contribution in [1.29, 1.82) is 0 Å². The minimum absolute atomic E-state index is 0.0328. The highest BCUT2D eigenvalue weighted by atomic mass is 16.3. The van der Waals surface area contributed by atoms with E-state index in [0.29, 0.717) is 5.41 Å². The molecule has 0 aromatic carbocycles. The fraction of sp³-hybridized carbons (Fsp3) is 1.00. The minimum Gasteiger partial charge on any atom is -0.393 e. The average Bonchev–Trinajstić information content (AvgIpc) is 2.58. The molecule has 25 heavy (non-hydrogen) atoms. The van der Waals surface area contributed by atoms with E-state index in [1.807, 2.05) is 0 Å². The van der Waals surface area contributed by atoms with Crippen LogP contribution in [0.15, 0.2) is 0 Å². The molecule has 4 fully saturated rings. The van der Waals surface area contributed by atoms with Crippen LogP contribution in [0, 0.1) is 23.2 Å². The van der Waals surface area contributed by atoms with Gasteiger partial charge < -0.3 is 14.9 Å². The lowest BCUT2D eigenvalue weighted by Gasteiger charge is -2.50. The number of hydrogen-bond donors (Lipinski definition) is 1. The summed E-state index contributed by atoms with van der Waals surface area (Å²) >= 11 is 0. The number of nitrogens with zero attached hydrogens (tertiary/aromatic N) is 2. The molecule has 3 atom stereocenters. The predicted molar refractivity (Wildman–Crippen MR) is 104 cm³/mol. The highest BCUT2D eigenvalue weighted by Crippen LogP contribution is 2.51. The van der Waals surface area contributed by atoms with Crippen molar-refractivity contribution < 1.29 is 5.11 Å². The largest absolute Gasteiger partial charge is 0.393 e. The number of rotatable bonds is 4. The van der Waals surface area contributed by atoms with E-state index in [2.05, 4.69) is 16.7 Å². The van der Waals surface area contributed by atoms with Crippen LogP contribution in [0.25, 0.3) is 0 Å². The van der Waals surface area contributed by atoms with Crippen molar-refractivity contribution in [3.63, 3.8) is 0 Å². The molecule has 2 bridgehead atoms. The third kappa shape index (κ3) is 4.59. The van der Waals surface area contributed by atoms with E-state index in [9.17, 15) is 5.11 Å². The van der Waals surface area contributed by atoms with Gasteiger partial charge in [0.15, 0.2) is 0 Å². The maximum Gasteiger partial charge on any atom is 0.0564 e. The van der Waals surface area contributed by atoms with Crippen LogP contribution in [0.3, 0.4) is 0 Å². The van der Waals surface area contributed by atoms with E-state index in [-0.39, 0.29) is 6.10 Å². The first-order valence-electron chi connectivity index (χ1n) is 11.2. The maximum absolute atomic E-state index is 9.68. The van der Waals surface area contributed by atoms with Crippen molar-refractivity contribution in [2.45, 2.75) is 77.2 Å². The minimum atomic E-state index is -0.0328. The third-order valence-electron chi connectivity index (χ3n) is 7.90. The normalized spacial score (nSPS) is 39.6. The summed E-state index contributed by atoms with van der Waals surface area (Å²) in [7, 11) is 0. The van der Waals surface area contributed by atoms with Gasteiger partial charge in [-0.2, -0.15) is 0 Å².